The number of anilines is 1. The van der Waals surface area contributed by atoms with E-state index in [0.29, 0.717) is 5.02 Å². The Labute approximate surface area is 136 Å². The van der Waals surface area contributed by atoms with Gasteiger partial charge < -0.3 is 10.6 Å². The second-order valence-corrected chi connectivity index (χ2v) is 5.16. The van der Waals surface area contributed by atoms with Crippen molar-refractivity contribution in [1.82, 2.24) is 5.32 Å². The molecule has 0 saturated carbocycles. The summed E-state index contributed by atoms with van der Waals surface area (Å²) in [5, 5.41) is 5.16. The van der Waals surface area contributed by atoms with E-state index in [2.05, 4.69) is 5.32 Å². The number of hydrogen-bond donors (Lipinski definition) is 2. The predicted molar refractivity (Wildman–Crippen MR) is 82.9 cm³/mol. The van der Waals surface area contributed by atoms with Gasteiger partial charge in [0.2, 0.25) is 11.8 Å². The zero-order chi connectivity index (χ0) is 16.8. The third-order valence-corrected chi connectivity index (χ3v) is 3.20. The van der Waals surface area contributed by atoms with Crippen LogP contribution in [0.1, 0.15) is 12.0 Å². The van der Waals surface area contributed by atoms with Crippen LogP contribution in [-0.2, 0) is 16.1 Å². The summed E-state index contributed by atoms with van der Waals surface area (Å²) < 4.78 is 26.8. The van der Waals surface area contributed by atoms with Gasteiger partial charge in [-0.15, -0.1) is 0 Å². The summed E-state index contributed by atoms with van der Waals surface area (Å²) in [5.74, 6) is -3.17. The maximum atomic E-state index is 13.4. The molecule has 0 bridgehead atoms. The molecule has 7 heteroatoms. The van der Waals surface area contributed by atoms with Crippen molar-refractivity contribution >= 4 is 29.1 Å². The molecule has 120 valence electrons. The van der Waals surface area contributed by atoms with Gasteiger partial charge in [-0.3, -0.25) is 9.59 Å². The van der Waals surface area contributed by atoms with E-state index in [1.807, 2.05) is 5.32 Å². The molecule has 0 heterocycles. The number of rotatable bonds is 5. The molecule has 2 aromatic rings. The molecule has 0 radical (unpaired) electrons. The molecule has 0 aliphatic heterocycles. The number of para-hydroxylation sites is 1. The summed E-state index contributed by atoms with van der Waals surface area (Å²) in [4.78, 5) is 23.3. The Morgan fingerprint density at radius 2 is 1.57 bits per heavy atom. The second-order valence-electron chi connectivity index (χ2n) is 4.72. The zero-order valence-corrected chi connectivity index (χ0v) is 12.7. The van der Waals surface area contributed by atoms with E-state index >= 15 is 0 Å². The van der Waals surface area contributed by atoms with Crippen LogP contribution in [0.2, 0.25) is 5.02 Å². The van der Waals surface area contributed by atoms with Gasteiger partial charge in [-0.25, -0.2) is 8.78 Å². The molecule has 0 spiro atoms. The Morgan fingerprint density at radius 3 is 2.17 bits per heavy atom. The first-order chi connectivity index (χ1) is 11.0. The number of hydrogen-bond acceptors (Lipinski definition) is 2. The maximum absolute atomic E-state index is 13.4. The van der Waals surface area contributed by atoms with Gasteiger partial charge in [-0.05, 0) is 29.8 Å². The maximum Gasteiger partial charge on any atom is 0.233 e. The molecule has 2 rings (SSSR count). The standard InChI is InChI=1S/C16H13ClF2N2O2/c17-11-6-4-10(5-7-11)9-20-14(22)8-15(23)21-16-12(18)2-1-3-13(16)19/h1-7H,8-9H2,(H,20,22)(H,21,23). The van der Waals surface area contributed by atoms with Gasteiger partial charge in [0, 0.05) is 11.6 Å². The molecular weight excluding hydrogens is 326 g/mol. The van der Waals surface area contributed by atoms with Crippen molar-refractivity contribution in [2.75, 3.05) is 5.32 Å². The Hall–Kier alpha value is -2.47. The molecule has 0 aliphatic carbocycles. The van der Waals surface area contributed by atoms with Crippen molar-refractivity contribution in [1.29, 1.82) is 0 Å². The first kappa shape index (κ1) is 16.9. The SMILES string of the molecule is O=C(CC(=O)Nc1c(F)cccc1F)NCc1ccc(Cl)cc1. The average molecular weight is 339 g/mol. The molecule has 0 unspecified atom stereocenters. The lowest BCUT2D eigenvalue weighted by atomic mass is 10.2. The third-order valence-electron chi connectivity index (χ3n) is 2.95. The van der Waals surface area contributed by atoms with Crippen molar-refractivity contribution in [3.63, 3.8) is 0 Å². The highest BCUT2D eigenvalue weighted by atomic mass is 35.5. The molecule has 2 N–H and O–H groups in total. The Balaban J connectivity index is 1.85. The smallest absolute Gasteiger partial charge is 0.233 e. The van der Waals surface area contributed by atoms with Crippen LogP contribution in [0.25, 0.3) is 0 Å². The van der Waals surface area contributed by atoms with Crippen LogP contribution in [0.3, 0.4) is 0 Å². The van der Waals surface area contributed by atoms with Gasteiger partial charge in [0.05, 0.1) is 0 Å². The third kappa shape index (κ3) is 5.03. The van der Waals surface area contributed by atoms with Crippen LogP contribution >= 0.6 is 11.6 Å². The lowest BCUT2D eigenvalue weighted by Gasteiger charge is -2.08. The number of carbonyl (C=O) groups excluding carboxylic acids is 2. The summed E-state index contributed by atoms with van der Waals surface area (Å²) in [6, 6.07) is 10.0. The minimum Gasteiger partial charge on any atom is -0.352 e. The molecule has 0 aromatic heterocycles. The summed E-state index contributed by atoms with van der Waals surface area (Å²) in [6.07, 6.45) is -0.540. The number of carbonyl (C=O) groups is 2. The van der Waals surface area contributed by atoms with Crippen LogP contribution < -0.4 is 10.6 Å². The second kappa shape index (κ2) is 7.69. The highest BCUT2D eigenvalue weighted by molar-refractivity contribution is 6.30. The fourth-order valence-corrected chi connectivity index (χ4v) is 1.94. The number of benzene rings is 2. The van der Waals surface area contributed by atoms with Crippen molar-refractivity contribution in [3.05, 3.63) is 64.7 Å². The molecule has 0 fully saturated rings. The van der Waals surface area contributed by atoms with Crippen LogP contribution in [-0.4, -0.2) is 11.8 Å². The van der Waals surface area contributed by atoms with E-state index in [1.54, 1.807) is 24.3 Å². The lowest BCUT2D eigenvalue weighted by Crippen LogP contribution is -2.28. The van der Waals surface area contributed by atoms with E-state index in [4.69, 9.17) is 11.6 Å². The summed E-state index contributed by atoms with van der Waals surface area (Å²) >= 11 is 5.74. The predicted octanol–water partition coefficient (Wildman–Crippen LogP) is 3.26. The first-order valence-electron chi connectivity index (χ1n) is 6.70. The van der Waals surface area contributed by atoms with E-state index < -0.39 is 35.6 Å². The lowest BCUT2D eigenvalue weighted by molar-refractivity contribution is -0.126. The fraction of sp³-hybridized carbons (Fsp3) is 0.125. The van der Waals surface area contributed by atoms with Gasteiger partial charge in [0.25, 0.3) is 0 Å². The van der Waals surface area contributed by atoms with Crippen molar-refractivity contribution in [2.24, 2.45) is 0 Å². The van der Waals surface area contributed by atoms with Crippen LogP contribution in [0.5, 0.6) is 0 Å². The van der Waals surface area contributed by atoms with Crippen LogP contribution in [0.4, 0.5) is 14.5 Å². The van der Waals surface area contributed by atoms with E-state index in [-0.39, 0.29) is 6.54 Å². The molecule has 0 saturated heterocycles. The van der Waals surface area contributed by atoms with Crippen molar-refractivity contribution in [2.45, 2.75) is 13.0 Å². The fourth-order valence-electron chi connectivity index (χ4n) is 1.81. The topological polar surface area (TPSA) is 58.2 Å². The minimum atomic E-state index is -0.903. The normalized spacial score (nSPS) is 10.2. The monoisotopic (exact) mass is 338 g/mol. The van der Waals surface area contributed by atoms with Crippen molar-refractivity contribution in [3.8, 4) is 0 Å². The van der Waals surface area contributed by atoms with Crippen molar-refractivity contribution < 1.29 is 18.4 Å². The molecular formula is C16H13ClF2N2O2. The van der Waals surface area contributed by atoms with Gasteiger partial charge in [0.1, 0.15) is 23.7 Å². The van der Waals surface area contributed by atoms with Crippen LogP contribution in [0.15, 0.2) is 42.5 Å². The Bertz CT molecular complexity index is 700. The quantitative estimate of drug-likeness (QED) is 0.822. The summed E-state index contributed by atoms with van der Waals surface area (Å²) in [6.45, 7) is 0.220. The molecule has 0 aliphatic rings. The number of halogens is 3. The molecule has 2 aromatic carbocycles. The zero-order valence-electron chi connectivity index (χ0n) is 11.9. The Morgan fingerprint density at radius 1 is 0.957 bits per heavy atom. The number of amides is 2. The first-order valence-corrected chi connectivity index (χ1v) is 7.08. The van der Waals surface area contributed by atoms with E-state index in [1.165, 1.54) is 6.07 Å². The minimum absolute atomic E-state index is 0.220. The van der Waals surface area contributed by atoms with Gasteiger partial charge in [0.15, 0.2) is 0 Å². The van der Waals surface area contributed by atoms with Crippen LogP contribution in [0, 0.1) is 11.6 Å². The van der Waals surface area contributed by atoms with E-state index in [0.717, 1.165) is 17.7 Å². The highest BCUT2D eigenvalue weighted by Gasteiger charge is 2.14. The summed E-state index contributed by atoms with van der Waals surface area (Å²) in [7, 11) is 0. The Kier molecular flexibility index (Phi) is 5.65. The molecule has 23 heavy (non-hydrogen) atoms. The molecule has 2 amide bonds. The summed E-state index contributed by atoms with van der Waals surface area (Å²) in [5.41, 5.74) is 0.242. The highest BCUT2D eigenvalue weighted by Crippen LogP contribution is 2.18. The average Bonchev–Trinajstić information content (AvgIpc) is 2.50. The van der Waals surface area contributed by atoms with Gasteiger partial charge >= 0.3 is 0 Å². The van der Waals surface area contributed by atoms with E-state index in [9.17, 15) is 18.4 Å². The van der Waals surface area contributed by atoms with Gasteiger partial charge in [-0.1, -0.05) is 29.8 Å². The largest absolute Gasteiger partial charge is 0.352 e. The molecule has 4 nitrogen and oxygen atoms in total. The number of nitrogens with one attached hydrogen (secondary N) is 2. The molecule has 0 atom stereocenters. The van der Waals surface area contributed by atoms with Gasteiger partial charge in [-0.2, -0.15) is 0 Å².